The molecule has 0 bridgehead atoms. The molecule has 2 aliphatic rings. The summed E-state index contributed by atoms with van der Waals surface area (Å²) in [6.45, 7) is 3.43. The standard InChI is InChI=1S/C27H31N5O3S/c1-3-24(33)29-20-12-11-18(16-23(20)34-2)32-26(25(30-27(32)36)21-9-4-5-13-28-21)22-10-6-14-31(22)17-19-8-7-15-35-19/h4-6,9-14,16,19,25-26H,3,7-8,15,17H2,1-2H3,(H,29,33)(H,30,36)/t19-,25+,26-/m0/s1. The average Bonchev–Trinajstić information content (AvgIpc) is 3.65. The third kappa shape index (κ3) is 4.81. The summed E-state index contributed by atoms with van der Waals surface area (Å²) in [5, 5.41) is 7.02. The molecule has 2 aromatic heterocycles. The lowest BCUT2D eigenvalue weighted by atomic mass is 10.0. The fourth-order valence-corrected chi connectivity index (χ4v) is 5.32. The molecular weight excluding hydrogens is 474 g/mol. The van der Waals surface area contributed by atoms with E-state index in [0.717, 1.165) is 43.1 Å². The molecule has 3 aromatic rings. The molecule has 2 N–H and O–H groups in total. The molecule has 2 saturated heterocycles. The monoisotopic (exact) mass is 505 g/mol. The highest BCUT2D eigenvalue weighted by Crippen LogP contribution is 2.43. The van der Waals surface area contributed by atoms with Gasteiger partial charge in [-0.05, 0) is 61.5 Å². The van der Waals surface area contributed by atoms with Gasteiger partial charge in [-0.1, -0.05) is 13.0 Å². The van der Waals surface area contributed by atoms with Crippen LogP contribution in [0.25, 0.3) is 0 Å². The number of carbonyl (C=O) groups is 1. The Morgan fingerprint density at radius 1 is 1.28 bits per heavy atom. The van der Waals surface area contributed by atoms with Gasteiger partial charge in [0.1, 0.15) is 11.8 Å². The smallest absolute Gasteiger partial charge is 0.224 e. The maximum absolute atomic E-state index is 12.0. The molecule has 188 valence electrons. The molecule has 0 radical (unpaired) electrons. The number of rotatable bonds is 8. The minimum absolute atomic E-state index is 0.0699. The van der Waals surface area contributed by atoms with Gasteiger partial charge in [0.2, 0.25) is 5.91 Å². The van der Waals surface area contributed by atoms with Crippen LogP contribution in [0.15, 0.2) is 60.9 Å². The van der Waals surface area contributed by atoms with Crippen LogP contribution in [0.2, 0.25) is 0 Å². The molecule has 2 aliphatic heterocycles. The molecule has 9 heteroatoms. The zero-order chi connectivity index (χ0) is 25.1. The molecule has 0 spiro atoms. The van der Waals surface area contributed by atoms with Crippen molar-refractivity contribution in [1.82, 2.24) is 14.9 Å². The topological polar surface area (TPSA) is 80.7 Å². The fraction of sp³-hybridized carbons (Fsp3) is 0.370. The molecule has 0 saturated carbocycles. The van der Waals surface area contributed by atoms with E-state index in [9.17, 15) is 4.79 Å². The van der Waals surface area contributed by atoms with Gasteiger partial charge in [-0.3, -0.25) is 9.78 Å². The first-order valence-corrected chi connectivity index (χ1v) is 12.7. The van der Waals surface area contributed by atoms with Crippen molar-refractivity contribution >= 4 is 34.6 Å². The van der Waals surface area contributed by atoms with Gasteiger partial charge in [0.25, 0.3) is 0 Å². The lowest BCUT2D eigenvalue weighted by Crippen LogP contribution is -2.31. The van der Waals surface area contributed by atoms with Crippen molar-refractivity contribution in [1.29, 1.82) is 0 Å². The molecule has 5 rings (SSSR count). The Morgan fingerprint density at radius 3 is 2.89 bits per heavy atom. The third-order valence-electron chi connectivity index (χ3n) is 6.75. The van der Waals surface area contributed by atoms with Crippen molar-refractivity contribution in [3.05, 3.63) is 72.3 Å². The molecule has 8 nitrogen and oxygen atoms in total. The molecule has 4 heterocycles. The largest absolute Gasteiger partial charge is 0.494 e. The first-order chi connectivity index (χ1) is 17.6. The predicted molar refractivity (Wildman–Crippen MR) is 143 cm³/mol. The number of ether oxygens (including phenoxy) is 2. The van der Waals surface area contributed by atoms with E-state index in [2.05, 4.69) is 43.4 Å². The van der Waals surface area contributed by atoms with Crippen LogP contribution in [0.3, 0.4) is 0 Å². The van der Waals surface area contributed by atoms with Gasteiger partial charge in [-0.15, -0.1) is 0 Å². The number of nitrogens with zero attached hydrogens (tertiary/aromatic N) is 3. The van der Waals surface area contributed by atoms with E-state index in [0.29, 0.717) is 23.0 Å². The summed E-state index contributed by atoms with van der Waals surface area (Å²) in [6.07, 6.45) is 6.67. The summed E-state index contributed by atoms with van der Waals surface area (Å²) < 4.78 is 13.8. The van der Waals surface area contributed by atoms with Gasteiger partial charge >= 0.3 is 0 Å². The lowest BCUT2D eigenvalue weighted by Gasteiger charge is -2.30. The number of nitrogens with one attached hydrogen (secondary N) is 2. The number of benzene rings is 1. The number of hydrogen-bond acceptors (Lipinski definition) is 5. The Balaban J connectivity index is 1.55. The van der Waals surface area contributed by atoms with E-state index in [4.69, 9.17) is 21.7 Å². The van der Waals surface area contributed by atoms with Crippen molar-refractivity contribution in [2.24, 2.45) is 0 Å². The molecule has 36 heavy (non-hydrogen) atoms. The first kappa shape index (κ1) is 24.3. The van der Waals surface area contributed by atoms with Gasteiger partial charge < -0.3 is 29.6 Å². The van der Waals surface area contributed by atoms with Gasteiger partial charge in [0.05, 0.1) is 30.6 Å². The van der Waals surface area contributed by atoms with Crippen LogP contribution in [-0.4, -0.2) is 40.4 Å². The van der Waals surface area contributed by atoms with Crippen LogP contribution < -0.4 is 20.3 Å². The maximum atomic E-state index is 12.0. The van der Waals surface area contributed by atoms with Crippen molar-refractivity contribution in [3.63, 3.8) is 0 Å². The molecule has 1 amide bonds. The van der Waals surface area contributed by atoms with Gasteiger partial charge in [-0.25, -0.2) is 0 Å². The van der Waals surface area contributed by atoms with Crippen molar-refractivity contribution < 1.29 is 14.3 Å². The van der Waals surface area contributed by atoms with E-state index in [1.807, 2.05) is 43.3 Å². The summed E-state index contributed by atoms with van der Waals surface area (Å²) in [5.74, 6) is 0.506. The summed E-state index contributed by atoms with van der Waals surface area (Å²) >= 11 is 5.88. The second kappa shape index (κ2) is 10.7. The molecule has 3 atom stereocenters. The van der Waals surface area contributed by atoms with Crippen LogP contribution in [0.1, 0.15) is 49.7 Å². The maximum Gasteiger partial charge on any atom is 0.224 e. The van der Waals surface area contributed by atoms with E-state index in [-0.39, 0.29) is 24.1 Å². The number of pyridine rings is 1. The summed E-state index contributed by atoms with van der Waals surface area (Å²) in [6, 6.07) is 15.6. The molecule has 2 fully saturated rings. The van der Waals surface area contributed by atoms with Crippen molar-refractivity contribution in [2.75, 3.05) is 23.9 Å². The van der Waals surface area contributed by atoms with E-state index in [1.165, 1.54) is 0 Å². The molecule has 0 aliphatic carbocycles. The summed E-state index contributed by atoms with van der Waals surface area (Å²) in [5.41, 5.74) is 3.53. The Labute approximate surface area is 216 Å². The highest BCUT2D eigenvalue weighted by atomic mass is 32.1. The minimum atomic E-state index is -0.151. The van der Waals surface area contributed by atoms with Gasteiger partial charge in [-0.2, -0.15) is 0 Å². The summed E-state index contributed by atoms with van der Waals surface area (Å²) in [7, 11) is 1.60. The molecule has 0 unspecified atom stereocenters. The zero-order valence-electron chi connectivity index (χ0n) is 20.5. The normalized spacial score (nSPS) is 21.4. The Kier molecular flexibility index (Phi) is 7.20. The van der Waals surface area contributed by atoms with E-state index < -0.39 is 0 Å². The predicted octanol–water partition coefficient (Wildman–Crippen LogP) is 4.60. The van der Waals surface area contributed by atoms with Crippen LogP contribution in [0, 0.1) is 0 Å². The van der Waals surface area contributed by atoms with Crippen LogP contribution >= 0.6 is 12.2 Å². The number of aromatic nitrogens is 2. The van der Waals surface area contributed by atoms with Crippen LogP contribution in [-0.2, 0) is 16.1 Å². The SMILES string of the molecule is CCC(=O)Nc1ccc(N2C(=S)N[C@H](c3ccccn3)[C@@H]2c2cccn2C[C@@H]2CCCO2)cc1OC. The number of carbonyl (C=O) groups excluding carboxylic acids is 1. The van der Waals surface area contributed by atoms with Crippen molar-refractivity contribution in [2.45, 2.75) is 50.9 Å². The second-order valence-electron chi connectivity index (χ2n) is 9.00. The highest BCUT2D eigenvalue weighted by molar-refractivity contribution is 7.80. The summed E-state index contributed by atoms with van der Waals surface area (Å²) in [4.78, 5) is 18.8. The number of anilines is 2. The zero-order valence-corrected chi connectivity index (χ0v) is 21.3. The van der Waals surface area contributed by atoms with Crippen LogP contribution in [0.4, 0.5) is 11.4 Å². The second-order valence-corrected chi connectivity index (χ2v) is 9.39. The van der Waals surface area contributed by atoms with E-state index in [1.54, 1.807) is 13.3 Å². The van der Waals surface area contributed by atoms with E-state index >= 15 is 0 Å². The van der Waals surface area contributed by atoms with Gasteiger partial charge in [0.15, 0.2) is 5.11 Å². The highest BCUT2D eigenvalue weighted by Gasteiger charge is 2.42. The number of thiocarbonyl (C=S) groups is 1. The van der Waals surface area contributed by atoms with Crippen LogP contribution in [0.5, 0.6) is 5.75 Å². The number of amides is 1. The number of hydrogen-bond donors (Lipinski definition) is 2. The first-order valence-electron chi connectivity index (χ1n) is 12.3. The molecular formula is C27H31N5O3S. The Hall–Kier alpha value is -3.43. The minimum Gasteiger partial charge on any atom is -0.494 e. The van der Waals surface area contributed by atoms with Crippen molar-refractivity contribution in [3.8, 4) is 5.75 Å². The average molecular weight is 506 g/mol. The third-order valence-corrected chi connectivity index (χ3v) is 7.06. The number of methoxy groups -OCH3 is 1. The Bertz CT molecular complexity index is 1230. The lowest BCUT2D eigenvalue weighted by molar-refractivity contribution is -0.115. The Morgan fingerprint density at radius 2 is 2.17 bits per heavy atom. The van der Waals surface area contributed by atoms with Gasteiger partial charge in [0, 0.05) is 49.4 Å². The quantitative estimate of drug-likeness (QED) is 0.433. The fourth-order valence-electron chi connectivity index (χ4n) is 4.97. The molecule has 1 aromatic carbocycles.